The number of halogens is 2. The van der Waals surface area contributed by atoms with Crippen LogP contribution in [0.4, 0.5) is 0 Å². The molecule has 0 fully saturated rings. The fourth-order valence-corrected chi connectivity index (χ4v) is 4.50. The Hall–Kier alpha value is -0.950. The average molecular weight is 353 g/mol. The van der Waals surface area contributed by atoms with E-state index in [1.807, 2.05) is 0 Å². The highest BCUT2D eigenvalue weighted by atomic mass is 35.5. The van der Waals surface area contributed by atoms with Crippen molar-refractivity contribution in [3.8, 4) is 11.5 Å². The summed E-state index contributed by atoms with van der Waals surface area (Å²) < 4.78 is 35.1. The van der Waals surface area contributed by atoms with Crippen LogP contribution in [0, 0.1) is 0 Å². The lowest BCUT2D eigenvalue weighted by molar-refractivity contribution is 0.327. The maximum absolute atomic E-state index is 12.2. The second kappa shape index (κ2) is 6.22. The van der Waals surface area contributed by atoms with Crippen molar-refractivity contribution in [1.82, 2.24) is 0 Å². The molecule has 8 heteroatoms. The van der Waals surface area contributed by atoms with E-state index < -0.39 is 10.1 Å². The van der Waals surface area contributed by atoms with Gasteiger partial charge in [0, 0.05) is 0 Å². The minimum absolute atomic E-state index is 0.0592. The smallest absolute Gasteiger partial charge is 0.341 e. The first-order chi connectivity index (χ1) is 9.44. The Morgan fingerprint density at radius 3 is 2.40 bits per heavy atom. The summed E-state index contributed by atoms with van der Waals surface area (Å²) in [4.78, 5) is -0.152. The molecule has 1 aromatic carbocycles. The van der Waals surface area contributed by atoms with Gasteiger partial charge in [-0.2, -0.15) is 8.42 Å². The van der Waals surface area contributed by atoms with E-state index in [9.17, 15) is 8.42 Å². The van der Waals surface area contributed by atoms with Crippen molar-refractivity contribution in [1.29, 1.82) is 0 Å². The third kappa shape index (κ3) is 3.38. The molecule has 108 valence electrons. The highest BCUT2D eigenvalue weighted by Gasteiger charge is 2.24. The first kappa shape index (κ1) is 15.4. The Balaban J connectivity index is 2.36. The predicted molar refractivity (Wildman–Crippen MR) is 79.8 cm³/mol. The molecule has 0 aliphatic rings. The van der Waals surface area contributed by atoms with E-state index in [-0.39, 0.29) is 19.3 Å². The first-order valence-electron chi connectivity index (χ1n) is 5.55. The second-order valence-corrected chi connectivity index (χ2v) is 7.41. The molecule has 2 aromatic rings. The van der Waals surface area contributed by atoms with Crippen LogP contribution in [0.2, 0.25) is 8.67 Å². The number of thiophene rings is 1. The summed E-state index contributed by atoms with van der Waals surface area (Å²) in [7, 11) is -4.05. The van der Waals surface area contributed by atoms with E-state index in [2.05, 4.69) is 0 Å². The van der Waals surface area contributed by atoms with Crippen LogP contribution in [-0.4, -0.2) is 15.0 Å². The first-order valence-corrected chi connectivity index (χ1v) is 8.53. The molecule has 0 bridgehead atoms. The zero-order chi connectivity index (χ0) is 14.8. The summed E-state index contributed by atoms with van der Waals surface area (Å²) in [5, 5.41) is 0. The summed E-state index contributed by atoms with van der Waals surface area (Å²) >= 11 is 12.5. The van der Waals surface area contributed by atoms with Crippen molar-refractivity contribution >= 4 is 44.7 Å². The third-order valence-electron chi connectivity index (χ3n) is 2.24. The van der Waals surface area contributed by atoms with Crippen molar-refractivity contribution < 1.29 is 17.3 Å². The van der Waals surface area contributed by atoms with Crippen molar-refractivity contribution in [3.05, 3.63) is 39.0 Å². The standard InChI is InChI=1S/C12H10Cl2O4S2/c1-2-17-8-5-3-4-6-9(8)18-20(15,16)10-7-11(13)19-12(10)14/h3-7H,2H2,1H3. The minimum Gasteiger partial charge on any atom is -0.490 e. The molecule has 0 atom stereocenters. The van der Waals surface area contributed by atoms with Crippen molar-refractivity contribution in [2.45, 2.75) is 11.8 Å². The van der Waals surface area contributed by atoms with Gasteiger partial charge in [-0.15, -0.1) is 11.3 Å². The van der Waals surface area contributed by atoms with Gasteiger partial charge in [-0.1, -0.05) is 35.3 Å². The number of benzene rings is 1. The van der Waals surface area contributed by atoms with Crippen LogP contribution >= 0.6 is 34.5 Å². The quantitative estimate of drug-likeness (QED) is 0.755. The van der Waals surface area contributed by atoms with E-state index in [4.69, 9.17) is 32.1 Å². The summed E-state index contributed by atoms with van der Waals surface area (Å²) in [6.45, 7) is 2.19. The molecule has 0 saturated heterocycles. The van der Waals surface area contributed by atoms with Gasteiger partial charge in [0.2, 0.25) is 0 Å². The maximum atomic E-state index is 12.2. The van der Waals surface area contributed by atoms with Crippen LogP contribution < -0.4 is 8.92 Å². The van der Waals surface area contributed by atoms with Gasteiger partial charge in [0.25, 0.3) is 0 Å². The highest BCUT2D eigenvalue weighted by molar-refractivity contribution is 7.87. The molecule has 0 spiro atoms. The van der Waals surface area contributed by atoms with Crippen molar-refractivity contribution in [2.75, 3.05) is 6.61 Å². The summed E-state index contributed by atoms with van der Waals surface area (Å²) in [6, 6.07) is 7.75. The number of hydrogen-bond donors (Lipinski definition) is 0. The predicted octanol–water partition coefficient (Wildman–Crippen LogP) is 4.22. The van der Waals surface area contributed by atoms with Crippen LogP contribution in [0.5, 0.6) is 11.5 Å². The van der Waals surface area contributed by atoms with E-state index in [1.54, 1.807) is 25.1 Å². The zero-order valence-corrected chi connectivity index (χ0v) is 13.4. The van der Waals surface area contributed by atoms with Gasteiger partial charge in [-0.25, -0.2) is 0 Å². The number of para-hydroxylation sites is 2. The Morgan fingerprint density at radius 1 is 1.20 bits per heavy atom. The van der Waals surface area contributed by atoms with Crippen LogP contribution in [0.1, 0.15) is 6.92 Å². The molecule has 0 N–H and O–H groups in total. The summed E-state index contributed by atoms with van der Waals surface area (Å²) in [5.41, 5.74) is 0. The van der Waals surface area contributed by atoms with Gasteiger partial charge in [0.1, 0.15) is 9.23 Å². The molecule has 0 unspecified atom stereocenters. The Morgan fingerprint density at radius 2 is 1.85 bits per heavy atom. The third-order valence-corrected chi connectivity index (χ3v) is 5.23. The van der Waals surface area contributed by atoms with Gasteiger partial charge in [0.05, 0.1) is 10.9 Å². The van der Waals surface area contributed by atoms with Crippen molar-refractivity contribution in [3.63, 3.8) is 0 Å². The molecule has 0 aliphatic carbocycles. The maximum Gasteiger partial charge on any atom is 0.341 e. The van der Waals surface area contributed by atoms with Gasteiger partial charge < -0.3 is 8.92 Å². The van der Waals surface area contributed by atoms with Gasteiger partial charge >= 0.3 is 10.1 Å². The molecule has 0 aliphatic heterocycles. The molecule has 1 heterocycles. The molecular weight excluding hydrogens is 343 g/mol. The second-order valence-electron chi connectivity index (χ2n) is 3.61. The summed E-state index contributed by atoms with van der Waals surface area (Å²) in [5.74, 6) is 0.448. The largest absolute Gasteiger partial charge is 0.490 e. The van der Waals surface area contributed by atoms with Crippen LogP contribution in [0.25, 0.3) is 0 Å². The van der Waals surface area contributed by atoms with Crippen LogP contribution in [0.3, 0.4) is 0 Å². The average Bonchev–Trinajstić information content (AvgIpc) is 2.72. The zero-order valence-electron chi connectivity index (χ0n) is 10.3. The van der Waals surface area contributed by atoms with E-state index in [1.165, 1.54) is 12.1 Å². The Bertz CT molecular complexity index is 710. The highest BCUT2D eigenvalue weighted by Crippen LogP contribution is 2.37. The molecule has 0 saturated carbocycles. The number of ether oxygens (including phenoxy) is 1. The number of rotatable bonds is 5. The molecular formula is C12H10Cl2O4S2. The van der Waals surface area contributed by atoms with Crippen molar-refractivity contribution in [2.24, 2.45) is 0 Å². The Kier molecular flexibility index (Phi) is 4.80. The topological polar surface area (TPSA) is 52.6 Å². The van der Waals surface area contributed by atoms with Gasteiger partial charge in [0.15, 0.2) is 11.5 Å². The minimum atomic E-state index is -4.05. The molecule has 2 rings (SSSR count). The lowest BCUT2D eigenvalue weighted by Gasteiger charge is -2.10. The van der Waals surface area contributed by atoms with Gasteiger partial charge in [-0.3, -0.25) is 0 Å². The normalized spacial score (nSPS) is 11.3. The lowest BCUT2D eigenvalue weighted by Crippen LogP contribution is -2.10. The molecule has 4 nitrogen and oxygen atoms in total. The van der Waals surface area contributed by atoms with E-state index in [0.717, 1.165) is 11.3 Å². The summed E-state index contributed by atoms with van der Waals surface area (Å²) in [6.07, 6.45) is 0. The SMILES string of the molecule is CCOc1ccccc1OS(=O)(=O)c1cc(Cl)sc1Cl. The number of hydrogen-bond acceptors (Lipinski definition) is 5. The lowest BCUT2D eigenvalue weighted by atomic mass is 10.3. The van der Waals surface area contributed by atoms with Gasteiger partial charge in [-0.05, 0) is 25.1 Å². The van der Waals surface area contributed by atoms with Crippen LogP contribution in [0.15, 0.2) is 35.2 Å². The molecule has 0 amide bonds. The molecule has 0 radical (unpaired) electrons. The van der Waals surface area contributed by atoms with Crippen LogP contribution in [-0.2, 0) is 10.1 Å². The fourth-order valence-electron chi connectivity index (χ4n) is 1.45. The Labute approximate surface area is 131 Å². The fraction of sp³-hybridized carbons (Fsp3) is 0.167. The monoisotopic (exact) mass is 352 g/mol. The molecule has 20 heavy (non-hydrogen) atoms. The van der Waals surface area contributed by atoms with E-state index in [0.29, 0.717) is 12.4 Å². The molecule has 1 aromatic heterocycles. The van der Waals surface area contributed by atoms with E-state index >= 15 is 0 Å².